The number of rotatable bonds is 5. The number of likely N-dealkylation sites (tertiary alicyclic amines) is 1. The third-order valence-corrected chi connectivity index (χ3v) is 4.14. The number of nitrogens with zero attached hydrogens (tertiary/aromatic N) is 1. The van der Waals surface area contributed by atoms with Gasteiger partial charge in [0.05, 0.1) is 7.11 Å². The molecule has 1 heterocycles. The molecule has 2 amide bonds. The van der Waals surface area contributed by atoms with Crippen LogP contribution in [-0.2, 0) is 25.5 Å². The highest BCUT2D eigenvalue weighted by Crippen LogP contribution is 2.25. The quantitative estimate of drug-likeness (QED) is 0.794. The summed E-state index contributed by atoms with van der Waals surface area (Å²) in [4.78, 5) is 36.4. The molecule has 2 rings (SSSR count). The van der Waals surface area contributed by atoms with Gasteiger partial charge in [0.2, 0.25) is 5.91 Å². The summed E-state index contributed by atoms with van der Waals surface area (Å²) in [6, 6.07) is 6.48. The van der Waals surface area contributed by atoms with E-state index >= 15 is 0 Å². The van der Waals surface area contributed by atoms with Crippen LogP contribution in [0, 0.1) is 0 Å². The highest BCUT2D eigenvalue weighted by Gasteiger charge is 2.48. The van der Waals surface area contributed by atoms with Gasteiger partial charge in [-0.05, 0) is 18.4 Å². The van der Waals surface area contributed by atoms with E-state index in [0.717, 1.165) is 12.7 Å². The molecule has 1 fully saturated rings. The minimum Gasteiger partial charge on any atom is -0.467 e. The topological polar surface area (TPSA) is 75.7 Å². The molecule has 0 bridgehead atoms. The molecule has 1 saturated heterocycles. The molecular weight excluding hydrogens is 353 g/mol. The molecule has 142 valence electrons. The summed E-state index contributed by atoms with van der Waals surface area (Å²) in [6.45, 7) is -0.155. The Bertz CT molecular complexity index is 664. The smallest absolute Gasteiger partial charge is 0.467 e. The Kier molecular flexibility index (Phi) is 6.23. The lowest BCUT2D eigenvalue weighted by Gasteiger charge is -2.26. The van der Waals surface area contributed by atoms with Crippen LogP contribution in [0.25, 0.3) is 0 Å². The van der Waals surface area contributed by atoms with Crippen molar-refractivity contribution in [1.29, 1.82) is 0 Å². The summed E-state index contributed by atoms with van der Waals surface area (Å²) in [7, 11) is 1.15. The lowest BCUT2D eigenvalue weighted by atomic mass is 10.1. The van der Waals surface area contributed by atoms with E-state index in [4.69, 9.17) is 0 Å². The highest BCUT2D eigenvalue weighted by molar-refractivity contribution is 5.92. The van der Waals surface area contributed by atoms with Crippen molar-refractivity contribution in [1.82, 2.24) is 10.2 Å². The van der Waals surface area contributed by atoms with Crippen molar-refractivity contribution < 1.29 is 32.3 Å². The van der Waals surface area contributed by atoms with Crippen molar-refractivity contribution in [3.05, 3.63) is 35.9 Å². The Morgan fingerprint density at radius 2 is 1.92 bits per heavy atom. The number of carbonyl (C=O) groups is 3. The van der Waals surface area contributed by atoms with Crippen molar-refractivity contribution in [2.75, 3.05) is 13.7 Å². The SMILES string of the molecule is COC(=O)[C@H](Cc1ccccc1)NC(=O)[C@@H]1CCCN1C(=O)C(F)(F)F. The molecule has 2 atom stereocenters. The standard InChI is InChI=1S/C17H19F3N2O4/c1-26-15(24)12(10-11-6-3-2-4-7-11)21-14(23)13-8-5-9-22(13)16(25)17(18,19)20/h2-4,6-7,12-13H,5,8-10H2,1H3,(H,21,23)/t12-,13-/m0/s1. The number of hydrogen-bond donors (Lipinski definition) is 1. The Morgan fingerprint density at radius 1 is 1.27 bits per heavy atom. The van der Waals surface area contributed by atoms with Crippen molar-refractivity contribution >= 4 is 17.8 Å². The average Bonchev–Trinajstić information content (AvgIpc) is 3.09. The minimum atomic E-state index is -5.05. The molecule has 6 nitrogen and oxygen atoms in total. The van der Waals surface area contributed by atoms with Crippen LogP contribution in [0.4, 0.5) is 13.2 Å². The van der Waals surface area contributed by atoms with Gasteiger partial charge < -0.3 is 15.0 Å². The third-order valence-electron chi connectivity index (χ3n) is 4.14. The second kappa shape index (κ2) is 8.20. The number of esters is 1. The zero-order valence-corrected chi connectivity index (χ0v) is 14.1. The first-order chi connectivity index (χ1) is 12.2. The van der Waals surface area contributed by atoms with Crippen LogP contribution in [0.5, 0.6) is 0 Å². The molecule has 0 radical (unpaired) electrons. The largest absolute Gasteiger partial charge is 0.471 e. The number of alkyl halides is 3. The molecule has 0 saturated carbocycles. The molecule has 0 aromatic heterocycles. The van der Waals surface area contributed by atoms with Crippen LogP contribution in [0.3, 0.4) is 0 Å². The molecule has 0 spiro atoms. The molecule has 9 heteroatoms. The monoisotopic (exact) mass is 372 g/mol. The molecule has 1 N–H and O–H groups in total. The molecule has 1 aromatic rings. The van der Waals surface area contributed by atoms with E-state index in [-0.39, 0.29) is 25.8 Å². The summed E-state index contributed by atoms with van der Waals surface area (Å²) in [5.74, 6) is -3.56. The summed E-state index contributed by atoms with van der Waals surface area (Å²) in [6.07, 6.45) is -4.54. The molecule has 1 aromatic carbocycles. The molecule has 26 heavy (non-hydrogen) atoms. The normalized spacial score (nSPS) is 18.3. The number of nitrogens with one attached hydrogen (secondary N) is 1. The van der Waals surface area contributed by atoms with Crippen LogP contribution in [0.2, 0.25) is 0 Å². The van der Waals surface area contributed by atoms with E-state index in [0.29, 0.717) is 4.90 Å². The molecular formula is C17H19F3N2O4. The fourth-order valence-corrected chi connectivity index (χ4v) is 2.90. The lowest BCUT2D eigenvalue weighted by Crippen LogP contribution is -2.53. The number of methoxy groups -OCH3 is 1. The van der Waals surface area contributed by atoms with E-state index in [1.165, 1.54) is 0 Å². The fourth-order valence-electron chi connectivity index (χ4n) is 2.90. The van der Waals surface area contributed by atoms with E-state index in [2.05, 4.69) is 10.1 Å². The van der Waals surface area contributed by atoms with Gasteiger partial charge in [-0.3, -0.25) is 9.59 Å². The second-order valence-corrected chi connectivity index (χ2v) is 5.93. The zero-order valence-electron chi connectivity index (χ0n) is 14.1. The average molecular weight is 372 g/mol. The van der Waals surface area contributed by atoms with Gasteiger partial charge in [-0.15, -0.1) is 0 Å². The van der Waals surface area contributed by atoms with E-state index in [9.17, 15) is 27.6 Å². The predicted octanol–water partition coefficient (Wildman–Crippen LogP) is 1.44. The fraction of sp³-hybridized carbons (Fsp3) is 0.471. The van der Waals surface area contributed by atoms with Gasteiger partial charge in [-0.1, -0.05) is 30.3 Å². The van der Waals surface area contributed by atoms with Gasteiger partial charge in [0.25, 0.3) is 0 Å². The van der Waals surface area contributed by atoms with Crippen LogP contribution in [0.15, 0.2) is 30.3 Å². The maximum absolute atomic E-state index is 12.7. The number of ether oxygens (including phenoxy) is 1. The van der Waals surface area contributed by atoms with Gasteiger partial charge in [0, 0.05) is 13.0 Å². The first-order valence-corrected chi connectivity index (χ1v) is 8.04. The van der Waals surface area contributed by atoms with Crippen molar-refractivity contribution in [2.24, 2.45) is 0 Å². The number of hydrogen-bond acceptors (Lipinski definition) is 4. The molecule has 1 aliphatic rings. The summed E-state index contributed by atoms with van der Waals surface area (Å²) < 4.78 is 42.7. The minimum absolute atomic E-state index is 0.104. The van der Waals surface area contributed by atoms with Crippen LogP contribution in [-0.4, -0.2) is 54.6 Å². The number of amides is 2. The van der Waals surface area contributed by atoms with E-state index in [1.54, 1.807) is 30.3 Å². The first-order valence-electron chi connectivity index (χ1n) is 8.04. The van der Waals surface area contributed by atoms with Crippen LogP contribution >= 0.6 is 0 Å². The first kappa shape index (κ1) is 19.7. The lowest BCUT2D eigenvalue weighted by molar-refractivity contribution is -0.186. The Balaban J connectivity index is 2.10. The predicted molar refractivity (Wildman–Crippen MR) is 84.9 cm³/mol. The summed E-state index contributed by atoms with van der Waals surface area (Å²) in [5, 5.41) is 2.42. The molecule has 0 aliphatic carbocycles. The van der Waals surface area contributed by atoms with Gasteiger partial charge in [0.15, 0.2) is 0 Å². The van der Waals surface area contributed by atoms with Gasteiger partial charge in [0.1, 0.15) is 12.1 Å². The van der Waals surface area contributed by atoms with Gasteiger partial charge in [-0.2, -0.15) is 13.2 Å². The second-order valence-electron chi connectivity index (χ2n) is 5.93. The summed E-state index contributed by atoms with van der Waals surface area (Å²) >= 11 is 0. The summed E-state index contributed by atoms with van der Waals surface area (Å²) in [5.41, 5.74) is 0.748. The molecule has 0 unspecified atom stereocenters. The van der Waals surface area contributed by atoms with Crippen molar-refractivity contribution in [3.63, 3.8) is 0 Å². The van der Waals surface area contributed by atoms with Gasteiger partial charge in [-0.25, -0.2) is 4.79 Å². The number of halogens is 3. The Morgan fingerprint density at radius 3 is 2.50 bits per heavy atom. The van der Waals surface area contributed by atoms with Crippen molar-refractivity contribution in [3.8, 4) is 0 Å². The van der Waals surface area contributed by atoms with E-state index in [1.807, 2.05) is 0 Å². The van der Waals surface area contributed by atoms with Crippen LogP contribution < -0.4 is 5.32 Å². The van der Waals surface area contributed by atoms with Gasteiger partial charge >= 0.3 is 18.1 Å². The van der Waals surface area contributed by atoms with Crippen molar-refractivity contribution in [2.45, 2.75) is 37.5 Å². The van der Waals surface area contributed by atoms with Crippen LogP contribution in [0.1, 0.15) is 18.4 Å². The maximum Gasteiger partial charge on any atom is 0.471 e. The zero-order chi connectivity index (χ0) is 19.3. The highest BCUT2D eigenvalue weighted by atomic mass is 19.4. The Hall–Kier alpha value is -2.58. The Labute approximate surface area is 148 Å². The molecule has 1 aliphatic heterocycles. The maximum atomic E-state index is 12.7. The third kappa shape index (κ3) is 4.74. The number of benzene rings is 1. The number of carbonyl (C=O) groups excluding carboxylic acids is 3. The van der Waals surface area contributed by atoms with E-state index < -0.39 is 36.0 Å².